The molecule has 0 aliphatic carbocycles. The Balaban J connectivity index is 1.25. The third-order valence-corrected chi connectivity index (χ3v) is 8.75. The number of anilines is 2. The van der Waals surface area contributed by atoms with E-state index in [0.29, 0.717) is 38.2 Å². The Kier molecular flexibility index (Phi) is 11.8. The third-order valence-electron chi connectivity index (χ3n) is 8.10. The zero-order chi connectivity index (χ0) is 27.5. The summed E-state index contributed by atoms with van der Waals surface area (Å²) in [6, 6.07) is 2.07. The number of nitrogens with zero attached hydrogens (tertiary/aromatic N) is 5. The predicted molar refractivity (Wildman–Crippen MR) is 157 cm³/mol. The van der Waals surface area contributed by atoms with E-state index in [1.807, 2.05) is 23.4 Å². The van der Waals surface area contributed by atoms with E-state index >= 15 is 0 Å². The monoisotopic (exact) mass is 561 g/mol. The van der Waals surface area contributed by atoms with Gasteiger partial charge in [0, 0.05) is 51.0 Å². The number of amides is 2. The summed E-state index contributed by atoms with van der Waals surface area (Å²) in [7, 11) is 0. The Hall–Kier alpha value is -2.27. The van der Waals surface area contributed by atoms with Crippen molar-refractivity contribution in [3.05, 3.63) is 12.3 Å². The Bertz CT molecular complexity index is 907. The minimum atomic E-state index is -0.586. The number of ether oxygens (including phenoxy) is 1. The lowest BCUT2D eigenvalue weighted by Crippen LogP contribution is -2.55. The van der Waals surface area contributed by atoms with Gasteiger partial charge in [0.1, 0.15) is 11.9 Å². The number of hydrogen-bond acceptors (Lipinski definition) is 9. The van der Waals surface area contributed by atoms with Crippen molar-refractivity contribution in [2.24, 2.45) is 0 Å². The van der Waals surface area contributed by atoms with Crippen LogP contribution in [0.25, 0.3) is 0 Å². The molecule has 0 spiro atoms. The van der Waals surface area contributed by atoms with Crippen molar-refractivity contribution in [1.29, 1.82) is 0 Å². The van der Waals surface area contributed by atoms with Gasteiger partial charge in [-0.3, -0.25) is 4.90 Å². The second-order valence-corrected chi connectivity index (χ2v) is 11.9. The molecule has 218 valence electrons. The predicted octanol–water partition coefficient (Wildman–Crippen LogP) is 3.59. The highest BCUT2D eigenvalue weighted by Gasteiger charge is 2.32. The van der Waals surface area contributed by atoms with Gasteiger partial charge in [-0.05, 0) is 76.5 Å². The molecule has 0 saturated carbocycles. The van der Waals surface area contributed by atoms with E-state index in [1.54, 1.807) is 18.7 Å². The molecule has 3 fully saturated rings. The molecular weight excluding hydrogens is 514 g/mol. The van der Waals surface area contributed by atoms with Crippen LogP contribution in [-0.4, -0.2) is 108 Å². The molecular formula is C28H47N7O3S. The first-order chi connectivity index (χ1) is 19.1. The van der Waals surface area contributed by atoms with E-state index in [1.165, 1.54) is 25.7 Å². The number of carbonyl (C=O) groups excluding carboxylic acids is 2. The molecule has 1 unspecified atom stereocenters. The van der Waals surface area contributed by atoms with Crippen LogP contribution in [0.2, 0.25) is 0 Å². The molecule has 2 amide bonds. The van der Waals surface area contributed by atoms with E-state index in [4.69, 9.17) is 9.72 Å². The van der Waals surface area contributed by atoms with Gasteiger partial charge in [-0.2, -0.15) is 16.7 Å². The minimum absolute atomic E-state index is 0.160. The summed E-state index contributed by atoms with van der Waals surface area (Å²) in [5, 5.41) is 6.55. The second kappa shape index (κ2) is 15.5. The van der Waals surface area contributed by atoms with Crippen LogP contribution in [0.1, 0.15) is 64.7 Å². The summed E-state index contributed by atoms with van der Waals surface area (Å²) in [5.41, 5.74) is 0. The van der Waals surface area contributed by atoms with Crippen molar-refractivity contribution in [3.8, 4) is 0 Å². The zero-order valence-corrected chi connectivity index (χ0v) is 24.6. The number of hydrogen-bond donors (Lipinski definition) is 2. The quantitative estimate of drug-likeness (QED) is 0.415. The fourth-order valence-electron chi connectivity index (χ4n) is 5.94. The number of carbonyl (C=O) groups is 2. The average Bonchev–Trinajstić information content (AvgIpc) is 3.25. The second-order valence-electron chi connectivity index (χ2n) is 10.9. The number of likely N-dealkylation sites (tertiary alicyclic amines) is 2. The molecule has 0 bridgehead atoms. The number of rotatable bonds is 10. The highest BCUT2D eigenvalue weighted by Crippen LogP contribution is 2.24. The Morgan fingerprint density at radius 2 is 1.85 bits per heavy atom. The van der Waals surface area contributed by atoms with Gasteiger partial charge in [-0.25, -0.2) is 14.6 Å². The molecule has 3 aliphatic heterocycles. The molecule has 2 N–H and O–H groups in total. The maximum Gasteiger partial charge on any atom is 0.328 e. The molecule has 1 aromatic rings. The van der Waals surface area contributed by atoms with Crippen LogP contribution in [-0.2, 0) is 9.53 Å². The number of piperidine rings is 2. The van der Waals surface area contributed by atoms with E-state index in [9.17, 15) is 9.59 Å². The van der Waals surface area contributed by atoms with Gasteiger partial charge in [-0.1, -0.05) is 12.8 Å². The number of thioether (sulfide) groups is 1. The van der Waals surface area contributed by atoms with Gasteiger partial charge in [0.05, 0.1) is 6.61 Å². The summed E-state index contributed by atoms with van der Waals surface area (Å²) in [5.74, 6) is 2.21. The number of urea groups is 1. The number of nitrogens with one attached hydrogen (secondary N) is 2. The number of aromatic nitrogens is 2. The van der Waals surface area contributed by atoms with E-state index in [2.05, 4.69) is 25.4 Å². The standard InChI is InChI=1S/C28H47N7O3S/c1-3-38-26(36)24(13-20-39-2)31-28(37)34-18-11-23(12-19-34)35-17-8-9-22(21-35)30-27-29-14-10-25(32-27)33-15-6-4-5-7-16-33/h10,14,22-24H,3-9,11-13,15-21H2,1-2H3,(H,31,37)(H,29,30,32)/t22?,24-/m0/s1. The first-order valence-electron chi connectivity index (χ1n) is 14.9. The summed E-state index contributed by atoms with van der Waals surface area (Å²) in [6.07, 6.45) is 13.7. The normalized spacial score (nSPS) is 22.2. The first-order valence-corrected chi connectivity index (χ1v) is 16.3. The van der Waals surface area contributed by atoms with Crippen LogP contribution in [0.15, 0.2) is 12.3 Å². The lowest BCUT2D eigenvalue weighted by atomic mass is 9.98. The van der Waals surface area contributed by atoms with Gasteiger partial charge in [0.15, 0.2) is 0 Å². The molecule has 39 heavy (non-hydrogen) atoms. The minimum Gasteiger partial charge on any atom is -0.464 e. The summed E-state index contributed by atoms with van der Waals surface area (Å²) >= 11 is 1.66. The lowest BCUT2D eigenvalue weighted by molar-refractivity contribution is -0.145. The molecule has 3 aliphatic rings. The van der Waals surface area contributed by atoms with Crippen LogP contribution in [0.3, 0.4) is 0 Å². The van der Waals surface area contributed by atoms with Gasteiger partial charge in [-0.15, -0.1) is 0 Å². The van der Waals surface area contributed by atoms with Gasteiger partial charge >= 0.3 is 12.0 Å². The van der Waals surface area contributed by atoms with Crippen molar-refractivity contribution in [2.45, 2.75) is 82.8 Å². The van der Waals surface area contributed by atoms with Crippen LogP contribution >= 0.6 is 11.8 Å². The highest BCUT2D eigenvalue weighted by atomic mass is 32.2. The van der Waals surface area contributed by atoms with E-state index in [-0.39, 0.29) is 12.0 Å². The van der Waals surface area contributed by atoms with Crippen LogP contribution in [0.4, 0.5) is 16.6 Å². The Labute approximate surface area is 238 Å². The molecule has 3 saturated heterocycles. The summed E-state index contributed by atoms with van der Waals surface area (Å²) in [6.45, 7) is 7.71. The maximum absolute atomic E-state index is 12.9. The molecule has 11 heteroatoms. The van der Waals surface area contributed by atoms with E-state index < -0.39 is 6.04 Å². The van der Waals surface area contributed by atoms with Crippen LogP contribution in [0, 0.1) is 0 Å². The third kappa shape index (κ3) is 8.86. The molecule has 4 heterocycles. The van der Waals surface area contributed by atoms with E-state index in [0.717, 1.165) is 69.4 Å². The van der Waals surface area contributed by atoms with Crippen molar-refractivity contribution in [2.75, 3.05) is 68.1 Å². The molecule has 10 nitrogen and oxygen atoms in total. The highest BCUT2D eigenvalue weighted by molar-refractivity contribution is 7.98. The van der Waals surface area contributed by atoms with Crippen LogP contribution < -0.4 is 15.5 Å². The largest absolute Gasteiger partial charge is 0.464 e. The van der Waals surface area contributed by atoms with Crippen LogP contribution in [0.5, 0.6) is 0 Å². The van der Waals surface area contributed by atoms with Gasteiger partial charge in [0.25, 0.3) is 0 Å². The van der Waals surface area contributed by atoms with Crippen molar-refractivity contribution in [1.82, 2.24) is 25.1 Å². The molecule has 2 atom stereocenters. The Morgan fingerprint density at radius 1 is 1.08 bits per heavy atom. The zero-order valence-electron chi connectivity index (χ0n) is 23.8. The van der Waals surface area contributed by atoms with Gasteiger partial charge in [0.2, 0.25) is 5.95 Å². The maximum atomic E-state index is 12.9. The topological polar surface area (TPSA) is 103 Å². The van der Waals surface area contributed by atoms with Gasteiger partial charge < -0.3 is 25.2 Å². The van der Waals surface area contributed by atoms with Crippen molar-refractivity contribution < 1.29 is 14.3 Å². The fraction of sp³-hybridized carbons (Fsp3) is 0.786. The smallest absolute Gasteiger partial charge is 0.328 e. The SMILES string of the molecule is CCOC(=O)[C@H](CCSC)NC(=O)N1CCC(N2CCCC(Nc3nccc(N4CCCCCC4)n3)C2)CC1. The van der Waals surface area contributed by atoms with Crippen molar-refractivity contribution in [3.63, 3.8) is 0 Å². The molecule has 0 aromatic carbocycles. The van der Waals surface area contributed by atoms with Crippen molar-refractivity contribution >= 4 is 35.5 Å². The first kappa shape index (κ1) is 29.7. The average molecular weight is 562 g/mol. The molecule has 0 radical (unpaired) electrons. The molecule has 1 aromatic heterocycles. The summed E-state index contributed by atoms with van der Waals surface area (Å²) in [4.78, 5) is 41.5. The summed E-state index contributed by atoms with van der Waals surface area (Å²) < 4.78 is 5.18. The lowest BCUT2D eigenvalue weighted by Gasteiger charge is -2.42. The Morgan fingerprint density at radius 3 is 2.56 bits per heavy atom. The molecule has 4 rings (SSSR count). The number of esters is 1. The fourth-order valence-corrected chi connectivity index (χ4v) is 6.41.